The van der Waals surface area contributed by atoms with Crippen LogP contribution < -0.4 is 0 Å². The van der Waals surface area contributed by atoms with Gasteiger partial charge in [-0.05, 0) is 216 Å². The van der Waals surface area contributed by atoms with E-state index < -0.39 is 12.1 Å². The first-order valence-corrected chi connectivity index (χ1v) is 35.4. The Morgan fingerprint density at radius 1 is 0.377 bits per heavy atom. The molecule has 0 atom stereocenters. The quantitative estimate of drug-likeness (QED) is 0.107. The summed E-state index contributed by atoms with van der Waals surface area (Å²) in [6.45, 7) is 36.9. The second-order valence-electron chi connectivity index (χ2n) is 31.7. The number of hydrogen-bond donors (Lipinski definition) is 0. The van der Waals surface area contributed by atoms with Crippen molar-refractivity contribution in [3.05, 3.63) is 0 Å². The molecule has 0 nitrogen and oxygen atoms in total. The van der Waals surface area contributed by atoms with Crippen LogP contribution in [0.2, 0.25) is 0 Å². The van der Waals surface area contributed by atoms with Crippen LogP contribution in [-0.2, 0) is 0 Å². The maximum atomic E-state index is 12.3. The zero-order valence-corrected chi connectivity index (χ0v) is 55.6. The maximum absolute atomic E-state index is 12.3. The number of unbranched alkanes of at least 4 members (excludes halogenated alkanes) is 8. The van der Waals surface area contributed by atoms with E-state index in [1.54, 1.807) is 83.5 Å². The number of rotatable bonds is 20. The zero-order valence-electron chi connectivity index (χ0n) is 55.6. The van der Waals surface area contributed by atoms with E-state index in [0.717, 1.165) is 88.3 Å². The molecular weight excluding hydrogens is 946 g/mol. The van der Waals surface area contributed by atoms with Gasteiger partial charge in [-0.25, -0.2) is 0 Å². The fourth-order valence-electron chi connectivity index (χ4n) is 16.3. The molecule has 0 heterocycles. The monoisotopic (exact) mass is 1090 g/mol. The van der Waals surface area contributed by atoms with Gasteiger partial charge in [-0.2, -0.15) is 13.2 Å². The highest BCUT2D eigenvalue weighted by Crippen LogP contribution is 2.60. The molecule has 0 aromatic heterocycles. The van der Waals surface area contributed by atoms with Crippen molar-refractivity contribution in [2.45, 2.75) is 380 Å². The molecule has 8 aliphatic rings. The average molecular weight is 1090 g/mol. The van der Waals surface area contributed by atoms with Crippen LogP contribution in [0.4, 0.5) is 13.2 Å². The molecule has 2 bridgehead atoms. The van der Waals surface area contributed by atoms with Gasteiger partial charge in [-0.15, -0.1) is 0 Å². The molecule has 460 valence electrons. The van der Waals surface area contributed by atoms with Crippen molar-refractivity contribution in [1.82, 2.24) is 0 Å². The van der Waals surface area contributed by atoms with Crippen molar-refractivity contribution in [2.24, 2.45) is 93.2 Å². The number of alkyl halides is 3. The Morgan fingerprint density at radius 2 is 0.805 bits per heavy atom. The summed E-state index contributed by atoms with van der Waals surface area (Å²) in [6.07, 6.45) is 53.6. The van der Waals surface area contributed by atoms with E-state index >= 15 is 0 Å². The van der Waals surface area contributed by atoms with Crippen LogP contribution in [0.3, 0.4) is 0 Å². The molecule has 0 radical (unpaired) electrons. The zero-order chi connectivity index (χ0) is 57.5. The minimum atomic E-state index is -3.96. The Hall–Kier alpha value is -0.210. The molecule has 0 aliphatic heterocycles. The van der Waals surface area contributed by atoms with Gasteiger partial charge in [0.25, 0.3) is 0 Å². The first-order valence-electron chi connectivity index (χ1n) is 35.4. The molecule has 8 saturated carbocycles. The third-order valence-corrected chi connectivity index (χ3v) is 21.1. The van der Waals surface area contributed by atoms with Gasteiger partial charge in [0.05, 0.1) is 5.92 Å². The fourth-order valence-corrected chi connectivity index (χ4v) is 16.3. The Labute approximate surface area is 484 Å². The minimum absolute atomic E-state index is 0.340. The van der Waals surface area contributed by atoms with Gasteiger partial charge < -0.3 is 0 Å². The van der Waals surface area contributed by atoms with Gasteiger partial charge in [-0.3, -0.25) is 0 Å². The summed E-state index contributed by atoms with van der Waals surface area (Å²) >= 11 is 0. The van der Waals surface area contributed by atoms with Crippen molar-refractivity contribution < 1.29 is 13.2 Å². The van der Waals surface area contributed by atoms with Crippen molar-refractivity contribution in [3.8, 4) is 0 Å². The molecule has 2 spiro atoms. The van der Waals surface area contributed by atoms with Crippen molar-refractivity contribution in [3.63, 3.8) is 0 Å². The fraction of sp³-hybridized carbons (Fsp3) is 1.00. The highest BCUT2D eigenvalue weighted by atomic mass is 19.4. The molecule has 3 heteroatoms. The first-order chi connectivity index (χ1) is 36.4. The summed E-state index contributed by atoms with van der Waals surface area (Å²) in [5, 5.41) is 0. The molecule has 0 aromatic carbocycles. The molecule has 8 rings (SSSR count). The van der Waals surface area contributed by atoms with Gasteiger partial charge in [0.15, 0.2) is 0 Å². The van der Waals surface area contributed by atoms with E-state index in [0.29, 0.717) is 24.7 Å². The predicted molar refractivity (Wildman–Crippen MR) is 339 cm³/mol. The summed E-state index contributed by atoms with van der Waals surface area (Å²) in [5.41, 5.74) is 2.59. The van der Waals surface area contributed by atoms with Gasteiger partial charge in [0.2, 0.25) is 0 Å². The molecular formula is C74H143F3. The second kappa shape index (κ2) is 39.4. The lowest BCUT2D eigenvalue weighted by Gasteiger charge is -2.55. The molecule has 0 aromatic rings. The lowest BCUT2D eigenvalue weighted by atomic mass is 9.51. The van der Waals surface area contributed by atoms with Crippen LogP contribution in [0.5, 0.6) is 0 Å². The average Bonchev–Trinajstić information content (AvgIpc) is 3.93. The highest BCUT2D eigenvalue weighted by molar-refractivity contribution is 4.99. The van der Waals surface area contributed by atoms with Crippen LogP contribution in [0.25, 0.3) is 0 Å². The summed E-state index contributed by atoms with van der Waals surface area (Å²) in [6, 6.07) is 0. The standard InChI is InChI=1S/C12H22.2C11H20.C11H24.C10H17F3.C10H20.C9H20/c1-10(2)11-8-12(9-11)6-4-3-5-7-12;1-9(2)7-11-5-3-10(8-11)4-6-11;1-9(2)6-10-7-11(8-10)4-3-5-11;1-4-5-6-7-8-9-10-11(2)3;1-7(2)8-3-5-9(6-4-8)10(11,12)13;1-9(2)8-10-6-4-3-5-7-10;1-4-5-6-7-8-9(2)3/h10-11H,3-9H2,1-2H3;2*9-10H,3-8H2,1-2H3;11H,4-10H2,1-3H3;7-9H,3-6H2,1-2H3;9-10H,3-8H2,1-2H3;9H,4-8H2,1-3H3. The van der Waals surface area contributed by atoms with E-state index in [-0.39, 0.29) is 0 Å². The van der Waals surface area contributed by atoms with E-state index in [1.807, 2.05) is 0 Å². The lowest BCUT2D eigenvalue weighted by molar-refractivity contribution is -0.184. The molecule has 77 heavy (non-hydrogen) atoms. The normalized spacial score (nSPS) is 26.3. The smallest absolute Gasteiger partial charge is 0.171 e. The molecule has 0 N–H and O–H groups in total. The number of fused-ring (bicyclic) bond motifs is 2. The summed E-state index contributed by atoms with van der Waals surface area (Å²) in [4.78, 5) is 0. The van der Waals surface area contributed by atoms with Crippen LogP contribution >= 0.6 is 0 Å². The van der Waals surface area contributed by atoms with Crippen molar-refractivity contribution in [2.75, 3.05) is 0 Å². The largest absolute Gasteiger partial charge is 0.391 e. The van der Waals surface area contributed by atoms with E-state index in [9.17, 15) is 13.2 Å². The molecule has 8 aliphatic carbocycles. The molecule has 0 amide bonds. The Balaban J connectivity index is 0.000000308. The van der Waals surface area contributed by atoms with Gasteiger partial charge >= 0.3 is 6.18 Å². The Kier molecular flexibility index (Phi) is 37.3. The predicted octanol–water partition coefficient (Wildman–Crippen LogP) is 26.9. The number of hydrogen-bond acceptors (Lipinski definition) is 0. The van der Waals surface area contributed by atoms with Crippen molar-refractivity contribution >= 4 is 0 Å². The molecule has 8 fully saturated rings. The molecule has 0 unspecified atom stereocenters. The third-order valence-electron chi connectivity index (χ3n) is 21.1. The van der Waals surface area contributed by atoms with E-state index in [4.69, 9.17) is 0 Å². The highest BCUT2D eigenvalue weighted by Gasteiger charge is 2.48. The minimum Gasteiger partial charge on any atom is -0.171 e. The van der Waals surface area contributed by atoms with Crippen LogP contribution in [0, 0.1) is 93.2 Å². The second-order valence-corrected chi connectivity index (χ2v) is 31.7. The van der Waals surface area contributed by atoms with E-state index in [2.05, 4.69) is 111 Å². The maximum Gasteiger partial charge on any atom is 0.391 e. The number of halogens is 3. The molecule has 0 saturated heterocycles. The topological polar surface area (TPSA) is 0 Å². The summed E-state index contributed by atoms with van der Waals surface area (Å²) in [5.74, 6) is 9.93. The van der Waals surface area contributed by atoms with Gasteiger partial charge in [0.1, 0.15) is 0 Å². The van der Waals surface area contributed by atoms with Crippen LogP contribution in [0.15, 0.2) is 0 Å². The third kappa shape index (κ3) is 31.9. The van der Waals surface area contributed by atoms with Gasteiger partial charge in [-0.1, -0.05) is 246 Å². The first kappa shape index (κ1) is 72.9. The summed E-state index contributed by atoms with van der Waals surface area (Å²) in [7, 11) is 0. The lowest BCUT2D eigenvalue weighted by Crippen LogP contribution is -2.42. The van der Waals surface area contributed by atoms with Gasteiger partial charge in [0, 0.05) is 0 Å². The summed E-state index contributed by atoms with van der Waals surface area (Å²) < 4.78 is 36.8. The SMILES string of the molecule is CC(C)C1CC2(CCCCC2)C1.CC(C)C1CCC(C(F)(F)F)CC1.CC(C)CC12CCC(CC1)C2.CC(C)CC1CC2(CCC2)C1.CC(C)CC1CCCCC1.CCCCCCC(C)C.CCCCCCCCC(C)C. The van der Waals surface area contributed by atoms with Crippen LogP contribution in [-0.4, -0.2) is 6.18 Å². The Morgan fingerprint density at radius 3 is 1.19 bits per heavy atom. The Bertz CT molecular complexity index is 1330. The van der Waals surface area contributed by atoms with Crippen molar-refractivity contribution in [1.29, 1.82) is 0 Å². The van der Waals surface area contributed by atoms with Crippen LogP contribution in [0.1, 0.15) is 374 Å². The van der Waals surface area contributed by atoms with E-state index in [1.165, 1.54) is 154 Å².